The summed E-state index contributed by atoms with van der Waals surface area (Å²) in [6.07, 6.45) is 5.99. The van der Waals surface area contributed by atoms with E-state index in [4.69, 9.17) is 16.3 Å². The minimum atomic E-state index is -3.56. The first-order chi connectivity index (χ1) is 11.9. The fourth-order valence-corrected chi connectivity index (χ4v) is 3.27. The molecule has 0 radical (unpaired) electrons. The molecule has 10 heteroatoms. The van der Waals surface area contributed by atoms with Gasteiger partial charge >= 0.3 is 0 Å². The maximum Gasteiger partial charge on any atom is 0.247 e. The third-order valence-electron chi connectivity index (χ3n) is 3.96. The van der Waals surface area contributed by atoms with Gasteiger partial charge in [0.25, 0.3) is 0 Å². The Balaban J connectivity index is 1.94. The lowest BCUT2D eigenvalue weighted by Gasteiger charge is -2.09. The summed E-state index contributed by atoms with van der Waals surface area (Å²) < 4.78 is 30.5. The third-order valence-corrected chi connectivity index (χ3v) is 5.10. The van der Waals surface area contributed by atoms with Crippen molar-refractivity contribution in [2.24, 2.45) is 0 Å². The van der Waals surface area contributed by atoms with Gasteiger partial charge in [0, 0.05) is 18.2 Å². The summed E-state index contributed by atoms with van der Waals surface area (Å²) in [5.41, 5.74) is 2.18. The summed E-state index contributed by atoms with van der Waals surface area (Å²) in [5, 5.41) is 4.57. The Morgan fingerprint density at radius 3 is 2.68 bits per heavy atom. The van der Waals surface area contributed by atoms with E-state index < -0.39 is 9.84 Å². The summed E-state index contributed by atoms with van der Waals surface area (Å²) in [4.78, 5) is 12.2. The topological polar surface area (TPSA) is 99.3 Å². The number of aromatic nitrogens is 5. The van der Waals surface area contributed by atoms with Crippen LogP contribution in [0.4, 0.5) is 0 Å². The van der Waals surface area contributed by atoms with Gasteiger partial charge in [-0.05, 0) is 12.8 Å². The average Bonchev–Trinajstić information content (AvgIpc) is 3.33. The summed E-state index contributed by atoms with van der Waals surface area (Å²) in [7, 11) is -1.96. The molecule has 3 aromatic heterocycles. The molecule has 0 bridgehead atoms. The smallest absolute Gasteiger partial charge is 0.247 e. The number of methoxy groups -OCH3 is 1. The molecule has 0 aromatic carbocycles. The van der Waals surface area contributed by atoms with Gasteiger partial charge in [0.1, 0.15) is 22.8 Å². The Kier molecular flexibility index (Phi) is 3.66. The van der Waals surface area contributed by atoms with Crippen molar-refractivity contribution in [1.29, 1.82) is 0 Å². The second-order valence-corrected chi connectivity index (χ2v) is 8.22. The summed E-state index contributed by atoms with van der Waals surface area (Å²) in [6.45, 7) is 0. The summed E-state index contributed by atoms with van der Waals surface area (Å²) in [5.74, 6) is 1.06. The second kappa shape index (κ2) is 5.63. The molecule has 3 heterocycles. The highest BCUT2D eigenvalue weighted by molar-refractivity contribution is 7.90. The van der Waals surface area contributed by atoms with E-state index in [0.29, 0.717) is 23.0 Å². The molecule has 0 N–H and O–H groups in total. The monoisotopic (exact) mass is 379 g/mol. The number of halogens is 1. The molecule has 0 saturated heterocycles. The number of ether oxygens (including phenoxy) is 1. The molecule has 0 unspecified atom stereocenters. The lowest BCUT2D eigenvalue weighted by Crippen LogP contribution is -2.07. The molecule has 1 aliphatic rings. The standard InChI is InChI=1S/C15H14ClN5O3S/c1-24-11-5-12-17-7-10(21(12)20-13(11)8-3-4-8)14-9(16)6-18-15(19-14)25(2,22)23/h5-8H,3-4H2,1-2H3. The van der Waals surface area contributed by atoms with E-state index in [-0.39, 0.29) is 15.9 Å². The normalized spacial score (nSPS) is 14.8. The van der Waals surface area contributed by atoms with E-state index in [9.17, 15) is 8.42 Å². The number of hydrogen-bond donors (Lipinski definition) is 0. The molecule has 3 aromatic rings. The van der Waals surface area contributed by atoms with Crippen molar-refractivity contribution >= 4 is 27.1 Å². The van der Waals surface area contributed by atoms with Crippen LogP contribution in [-0.4, -0.2) is 46.3 Å². The van der Waals surface area contributed by atoms with Crippen molar-refractivity contribution in [3.05, 3.63) is 29.2 Å². The van der Waals surface area contributed by atoms with Crippen molar-refractivity contribution in [2.75, 3.05) is 13.4 Å². The van der Waals surface area contributed by atoms with Gasteiger partial charge < -0.3 is 4.74 Å². The highest BCUT2D eigenvalue weighted by Crippen LogP contribution is 2.43. The van der Waals surface area contributed by atoms with Crippen molar-refractivity contribution in [3.63, 3.8) is 0 Å². The zero-order valence-electron chi connectivity index (χ0n) is 13.5. The lowest BCUT2D eigenvalue weighted by molar-refractivity contribution is 0.405. The molecule has 0 amide bonds. The molecular formula is C15H14ClN5O3S. The Morgan fingerprint density at radius 1 is 1.28 bits per heavy atom. The van der Waals surface area contributed by atoms with Crippen molar-refractivity contribution < 1.29 is 13.2 Å². The highest BCUT2D eigenvalue weighted by atomic mass is 35.5. The number of nitrogens with zero attached hydrogens (tertiary/aromatic N) is 5. The van der Waals surface area contributed by atoms with Gasteiger partial charge in [-0.3, -0.25) is 0 Å². The van der Waals surface area contributed by atoms with E-state index in [1.807, 2.05) is 0 Å². The van der Waals surface area contributed by atoms with Crippen LogP contribution in [0.1, 0.15) is 24.5 Å². The van der Waals surface area contributed by atoms with E-state index in [1.54, 1.807) is 23.9 Å². The molecule has 1 saturated carbocycles. The first-order valence-electron chi connectivity index (χ1n) is 7.54. The van der Waals surface area contributed by atoms with Crippen LogP contribution >= 0.6 is 11.6 Å². The zero-order valence-corrected chi connectivity index (χ0v) is 15.0. The molecule has 130 valence electrons. The number of rotatable bonds is 4. The van der Waals surface area contributed by atoms with Crippen LogP contribution < -0.4 is 4.74 Å². The number of hydrogen-bond acceptors (Lipinski definition) is 7. The van der Waals surface area contributed by atoms with Gasteiger partial charge in [-0.1, -0.05) is 11.6 Å². The molecule has 8 nitrogen and oxygen atoms in total. The number of fused-ring (bicyclic) bond motifs is 1. The van der Waals surface area contributed by atoms with Gasteiger partial charge in [0.2, 0.25) is 15.0 Å². The van der Waals surface area contributed by atoms with Gasteiger partial charge in [-0.2, -0.15) is 5.10 Å². The van der Waals surface area contributed by atoms with Crippen molar-refractivity contribution in [2.45, 2.75) is 23.9 Å². The molecule has 0 aliphatic heterocycles. The molecular weight excluding hydrogens is 366 g/mol. The van der Waals surface area contributed by atoms with Gasteiger partial charge in [-0.25, -0.2) is 27.9 Å². The Labute approximate surface area is 148 Å². The van der Waals surface area contributed by atoms with Gasteiger partial charge in [0.15, 0.2) is 5.65 Å². The van der Waals surface area contributed by atoms with Gasteiger partial charge in [0.05, 0.1) is 24.5 Å². The molecule has 25 heavy (non-hydrogen) atoms. The van der Waals surface area contributed by atoms with E-state index in [2.05, 4.69) is 20.1 Å². The quantitative estimate of drug-likeness (QED) is 0.640. The molecule has 1 aliphatic carbocycles. The third kappa shape index (κ3) is 2.83. The number of sulfone groups is 1. The predicted octanol–water partition coefficient (Wildman–Crippen LogP) is 2.13. The van der Waals surface area contributed by atoms with Crippen molar-refractivity contribution in [1.82, 2.24) is 24.6 Å². The Bertz CT molecular complexity index is 1090. The van der Waals surface area contributed by atoms with Crippen LogP contribution in [-0.2, 0) is 9.84 Å². The van der Waals surface area contributed by atoms with Crippen LogP contribution in [0, 0.1) is 0 Å². The molecule has 4 rings (SSSR count). The average molecular weight is 380 g/mol. The first-order valence-corrected chi connectivity index (χ1v) is 9.81. The Morgan fingerprint density at radius 2 is 2.04 bits per heavy atom. The molecule has 0 atom stereocenters. The van der Waals surface area contributed by atoms with Crippen molar-refractivity contribution in [3.8, 4) is 17.1 Å². The zero-order chi connectivity index (χ0) is 17.8. The summed E-state index contributed by atoms with van der Waals surface area (Å²) in [6, 6.07) is 1.80. The number of imidazole rings is 1. The van der Waals surface area contributed by atoms with E-state index >= 15 is 0 Å². The van der Waals surface area contributed by atoms with E-state index in [1.165, 1.54) is 6.20 Å². The maximum atomic E-state index is 11.7. The van der Waals surface area contributed by atoms with Crippen LogP contribution in [0.5, 0.6) is 5.75 Å². The lowest BCUT2D eigenvalue weighted by atomic mass is 10.2. The maximum absolute atomic E-state index is 11.7. The SMILES string of the molecule is COc1cc2ncc(-c3nc(S(C)(=O)=O)ncc3Cl)n2nc1C1CC1. The fraction of sp³-hybridized carbons (Fsp3) is 0.333. The first kappa shape index (κ1) is 16.2. The van der Waals surface area contributed by atoms with E-state index in [0.717, 1.165) is 24.8 Å². The van der Waals surface area contributed by atoms with Crippen LogP contribution in [0.3, 0.4) is 0 Å². The van der Waals surface area contributed by atoms with Crippen LogP contribution in [0.15, 0.2) is 23.6 Å². The fourth-order valence-electron chi connectivity index (χ4n) is 2.59. The van der Waals surface area contributed by atoms with Gasteiger partial charge in [-0.15, -0.1) is 0 Å². The predicted molar refractivity (Wildman–Crippen MR) is 90.7 cm³/mol. The minimum absolute atomic E-state index is 0.222. The molecule has 1 fully saturated rings. The molecule has 0 spiro atoms. The van der Waals surface area contributed by atoms with Crippen LogP contribution in [0.2, 0.25) is 5.02 Å². The summed E-state index contributed by atoms with van der Waals surface area (Å²) >= 11 is 6.20. The second-order valence-electron chi connectivity index (χ2n) is 5.91. The minimum Gasteiger partial charge on any atom is -0.495 e. The Hall–Kier alpha value is -2.26. The highest BCUT2D eigenvalue weighted by Gasteiger charge is 2.30. The largest absolute Gasteiger partial charge is 0.495 e. The van der Waals surface area contributed by atoms with Crippen LogP contribution in [0.25, 0.3) is 17.0 Å².